The molecule has 2 N–H and O–H groups in total. The lowest BCUT2D eigenvalue weighted by Crippen LogP contribution is -2.18. The molecule has 0 amide bonds. The van der Waals surface area contributed by atoms with Gasteiger partial charge in [-0.3, -0.25) is 0 Å². The maximum atomic E-state index is 6.13. The largest absolute Gasteiger partial charge is 0.491 e. The molecule has 0 atom stereocenters. The molecule has 0 saturated heterocycles. The number of nitrogens with two attached hydrogens (primary N) is 1. The SMILES string of the molecule is NC1(c2cc(Cl)c3c(c2)CCO3)CC1. The Balaban J connectivity index is 2.12. The highest BCUT2D eigenvalue weighted by Gasteiger charge is 2.40. The van der Waals surface area contributed by atoms with E-state index >= 15 is 0 Å². The molecule has 14 heavy (non-hydrogen) atoms. The van der Waals surface area contributed by atoms with E-state index < -0.39 is 0 Å². The predicted octanol–water partition coefficient (Wildman–Crippen LogP) is 2.22. The van der Waals surface area contributed by atoms with Crippen LogP contribution in [0.1, 0.15) is 24.0 Å². The number of hydrogen-bond donors (Lipinski definition) is 1. The molecule has 0 radical (unpaired) electrons. The van der Waals surface area contributed by atoms with Gasteiger partial charge in [-0.25, -0.2) is 0 Å². The number of rotatable bonds is 1. The standard InChI is InChI=1S/C11H12ClNO/c12-9-6-8(11(13)2-3-11)5-7-1-4-14-10(7)9/h5-6H,1-4,13H2. The number of halogens is 1. The first-order valence-electron chi connectivity index (χ1n) is 4.94. The molecule has 0 bridgehead atoms. The molecule has 1 saturated carbocycles. The van der Waals surface area contributed by atoms with Crippen LogP contribution in [0, 0.1) is 0 Å². The minimum Gasteiger partial charge on any atom is -0.491 e. The summed E-state index contributed by atoms with van der Waals surface area (Å²) in [6, 6.07) is 4.11. The zero-order valence-corrected chi connectivity index (χ0v) is 8.60. The van der Waals surface area contributed by atoms with E-state index in [1.165, 1.54) is 11.1 Å². The topological polar surface area (TPSA) is 35.2 Å². The maximum absolute atomic E-state index is 6.13. The highest BCUT2D eigenvalue weighted by Crippen LogP contribution is 2.46. The third-order valence-corrected chi connectivity index (χ3v) is 3.38. The van der Waals surface area contributed by atoms with E-state index in [-0.39, 0.29) is 5.54 Å². The van der Waals surface area contributed by atoms with Crippen LogP contribution in [0.5, 0.6) is 5.75 Å². The lowest BCUT2D eigenvalue weighted by atomic mass is 10.0. The van der Waals surface area contributed by atoms with Crippen molar-refractivity contribution in [2.45, 2.75) is 24.8 Å². The van der Waals surface area contributed by atoms with E-state index in [4.69, 9.17) is 22.1 Å². The first kappa shape index (κ1) is 8.57. The van der Waals surface area contributed by atoms with Crippen LogP contribution in [-0.2, 0) is 12.0 Å². The van der Waals surface area contributed by atoms with E-state index in [0.29, 0.717) is 5.02 Å². The average Bonchev–Trinajstić information content (AvgIpc) is 2.75. The summed E-state index contributed by atoms with van der Waals surface area (Å²) in [4.78, 5) is 0. The van der Waals surface area contributed by atoms with Crippen molar-refractivity contribution in [2.24, 2.45) is 5.73 Å². The molecule has 1 aromatic rings. The fourth-order valence-corrected chi connectivity index (χ4v) is 2.27. The first-order valence-corrected chi connectivity index (χ1v) is 5.31. The molecule has 3 rings (SSSR count). The quantitative estimate of drug-likeness (QED) is 0.770. The molecule has 3 heteroatoms. The minimum atomic E-state index is -0.0960. The second-order valence-electron chi connectivity index (χ2n) is 4.20. The summed E-state index contributed by atoms with van der Waals surface area (Å²) in [5, 5.41) is 0.715. The van der Waals surface area contributed by atoms with E-state index in [0.717, 1.165) is 31.6 Å². The van der Waals surface area contributed by atoms with Gasteiger partial charge in [-0.1, -0.05) is 17.7 Å². The molecule has 1 heterocycles. The van der Waals surface area contributed by atoms with Crippen LogP contribution < -0.4 is 10.5 Å². The summed E-state index contributed by atoms with van der Waals surface area (Å²) in [6.45, 7) is 0.746. The fraction of sp³-hybridized carbons (Fsp3) is 0.455. The second kappa shape index (κ2) is 2.65. The summed E-state index contributed by atoms with van der Waals surface area (Å²) in [7, 11) is 0. The predicted molar refractivity (Wildman–Crippen MR) is 55.8 cm³/mol. The van der Waals surface area contributed by atoms with Gasteiger partial charge in [-0.15, -0.1) is 0 Å². The van der Waals surface area contributed by atoms with Gasteiger partial charge < -0.3 is 10.5 Å². The highest BCUT2D eigenvalue weighted by molar-refractivity contribution is 6.32. The van der Waals surface area contributed by atoms with Gasteiger partial charge in [0.15, 0.2) is 0 Å². The average molecular weight is 210 g/mol. The number of ether oxygens (including phenoxy) is 1. The Morgan fingerprint density at radius 3 is 2.86 bits per heavy atom. The van der Waals surface area contributed by atoms with Crippen molar-refractivity contribution in [2.75, 3.05) is 6.61 Å². The second-order valence-corrected chi connectivity index (χ2v) is 4.61. The Morgan fingerprint density at radius 2 is 2.14 bits per heavy atom. The zero-order chi connectivity index (χ0) is 9.76. The van der Waals surface area contributed by atoms with Gasteiger partial charge in [-0.05, 0) is 30.0 Å². The van der Waals surface area contributed by atoms with E-state index in [1.54, 1.807) is 0 Å². The van der Waals surface area contributed by atoms with Crippen LogP contribution in [0.2, 0.25) is 5.02 Å². The Bertz CT molecular complexity index is 399. The van der Waals surface area contributed by atoms with E-state index in [2.05, 4.69) is 6.07 Å². The number of hydrogen-bond acceptors (Lipinski definition) is 2. The van der Waals surface area contributed by atoms with Crippen molar-refractivity contribution < 1.29 is 4.74 Å². The van der Waals surface area contributed by atoms with Gasteiger partial charge >= 0.3 is 0 Å². The van der Waals surface area contributed by atoms with E-state index in [1.807, 2.05) is 6.07 Å². The molecule has 2 aliphatic rings. The molecule has 0 spiro atoms. The van der Waals surface area contributed by atoms with Gasteiger partial charge in [-0.2, -0.15) is 0 Å². The lowest BCUT2D eigenvalue weighted by Gasteiger charge is -2.11. The van der Waals surface area contributed by atoms with Gasteiger partial charge in [0.05, 0.1) is 11.6 Å². The lowest BCUT2D eigenvalue weighted by molar-refractivity contribution is 0.357. The van der Waals surface area contributed by atoms with Crippen molar-refractivity contribution in [1.29, 1.82) is 0 Å². The number of benzene rings is 1. The third-order valence-electron chi connectivity index (χ3n) is 3.10. The van der Waals surface area contributed by atoms with Crippen molar-refractivity contribution in [3.63, 3.8) is 0 Å². The summed E-state index contributed by atoms with van der Waals surface area (Å²) in [5.74, 6) is 0.861. The van der Waals surface area contributed by atoms with E-state index in [9.17, 15) is 0 Å². The van der Waals surface area contributed by atoms with Crippen LogP contribution >= 0.6 is 11.6 Å². The Labute approximate surface area is 88.0 Å². The van der Waals surface area contributed by atoms with Crippen LogP contribution in [0.25, 0.3) is 0 Å². The van der Waals surface area contributed by atoms with Crippen LogP contribution in [0.3, 0.4) is 0 Å². The molecule has 2 nitrogen and oxygen atoms in total. The Morgan fingerprint density at radius 1 is 1.36 bits per heavy atom. The molecule has 0 aromatic heterocycles. The molecule has 1 aromatic carbocycles. The summed E-state index contributed by atoms with van der Waals surface area (Å²) < 4.78 is 5.44. The smallest absolute Gasteiger partial charge is 0.141 e. The molecule has 1 aliphatic heterocycles. The molecule has 74 valence electrons. The van der Waals surface area contributed by atoms with Crippen molar-refractivity contribution in [1.82, 2.24) is 0 Å². The van der Waals surface area contributed by atoms with Gasteiger partial charge in [0.1, 0.15) is 5.75 Å². The molecular formula is C11H12ClNO. The Hall–Kier alpha value is -0.730. The van der Waals surface area contributed by atoms with Crippen molar-refractivity contribution >= 4 is 11.6 Å². The molecule has 1 aliphatic carbocycles. The normalized spacial score (nSPS) is 21.6. The van der Waals surface area contributed by atoms with Crippen LogP contribution in [0.15, 0.2) is 12.1 Å². The maximum Gasteiger partial charge on any atom is 0.141 e. The minimum absolute atomic E-state index is 0.0960. The summed E-state index contributed by atoms with van der Waals surface area (Å²) in [6.07, 6.45) is 3.10. The van der Waals surface area contributed by atoms with Gasteiger partial charge in [0.2, 0.25) is 0 Å². The zero-order valence-electron chi connectivity index (χ0n) is 7.85. The molecular weight excluding hydrogens is 198 g/mol. The number of fused-ring (bicyclic) bond motifs is 1. The van der Waals surface area contributed by atoms with Crippen molar-refractivity contribution in [3.8, 4) is 5.75 Å². The molecule has 1 fully saturated rings. The third kappa shape index (κ3) is 1.14. The van der Waals surface area contributed by atoms with Crippen LogP contribution in [0.4, 0.5) is 0 Å². The first-order chi connectivity index (χ1) is 6.69. The fourth-order valence-electron chi connectivity index (χ4n) is 1.97. The van der Waals surface area contributed by atoms with Crippen LogP contribution in [-0.4, -0.2) is 6.61 Å². The van der Waals surface area contributed by atoms with Crippen molar-refractivity contribution in [3.05, 3.63) is 28.3 Å². The monoisotopic (exact) mass is 209 g/mol. The summed E-state index contributed by atoms with van der Waals surface area (Å²) >= 11 is 6.13. The Kier molecular flexibility index (Phi) is 1.62. The summed E-state index contributed by atoms with van der Waals surface area (Å²) in [5.41, 5.74) is 8.42. The molecule has 0 unspecified atom stereocenters. The van der Waals surface area contributed by atoms with Gasteiger partial charge in [0.25, 0.3) is 0 Å². The highest BCUT2D eigenvalue weighted by atomic mass is 35.5. The van der Waals surface area contributed by atoms with Gasteiger partial charge in [0, 0.05) is 12.0 Å².